The molecule has 1 heterocycles. The lowest BCUT2D eigenvalue weighted by atomic mass is 10.0. The number of benzene rings is 1. The number of nitrogens with zero attached hydrogens (tertiary/aromatic N) is 1. The first-order chi connectivity index (χ1) is 8.27. The van der Waals surface area contributed by atoms with Gasteiger partial charge in [-0.15, -0.1) is 0 Å². The van der Waals surface area contributed by atoms with E-state index in [0.717, 1.165) is 17.5 Å². The van der Waals surface area contributed by atoms with Crippen LogP contribution in [0.25, 0.3) is 0 Å². The SMILES string of the molecule is C=C1C(CCO)NN(c2ccccc2)C1C=O. The molecule has 0 radical (unpaired) electrons. The maximum Gasteiger partial charge on any atom is 0.148 e. The van der Waals surface area contributed by atoms with Crippen LogP contribution in [0.4, 0.5) is 5.69 Å². The van der Waals surface area contributed by atoms with Crippen LogP contribution in [0.15, 0.2) is 42.5 Å². The second-order valence-corrected chi connectivity index (χ2v) is 4.06. The number of carbonyl (C=O) groups excluding carboxylic acids is 1. The zero-order valence-corrected chi connectivity index (χ0v) is 9.54. The number of nitrogens with one attached hydrogen (secondary N) is 1. The van der Waals surface area contributed by atoms with E-state index in [9.17, 15) is 4.79 Å². The number of para-hydroxylation sites is 1. The lowest BCUT2D eigenvalue weighted by molar-refractivity contribution is -0.108. The Balaban J connectivity index is 2.23. The van der Waals surface area contributed by atoms with Gasteiger partial charge in [0, 0.05) is 6.61 Å². The van der Waals surface area contributed by atoms with E-state index in [-0.39, 0.29) is 18.7 Å². The maximum absolute atomic E-state index is 11.1. The van der Waals surface area contributed by atoms with Gasteiger partial charge < -0.3 is 9.90 Å². The summed E-state index contributed by atoms with van der Waals surface area (Å²) in [5.74, 6) is 0. The molecule has 17 heavy (non-hydrogen) atoms. The Labute approximate surface area is 101 Å². The highest BCUT2D eigenvalue weighted by molar-refractivity contribution is 5.72. The van der Waals surface area contributed by atoms with Crippen molar-refractivity contribution in [2.45, 2.75) is 18.5 Å². The van der Waals surface area contributed by atoms with E-state index in [4.69, 9.17) is 5.11 Å². The van der Waals surface area contributed by atoms with Gasteiger partial charge in [0.25, 0.3) is 0 Å². The van der Waals surface area contributed by atoms with E-state index in [0.29, 0.717) is 6.42 Å². The molecule has 1 saturated heterocycles. The van der Waals surface area contributed by atoms with Crippen molar-refractivity contribution in [2.75, 3.05) is 11.6 Å². The molecule has 2 atom stereocenters. The largest absolute Gasteiger partial charge is 0.396 e. The van der Waals surface area contributed by atoms with Crippen molar-refractivity contribution in [1.82, 2.24) is 5.43 Å². The Kier molecular flexibility index (Phi) is 3.56. The number of aldehydes is 1. The van der Waals surface area contributed by atoms with Crippen LogP contribution >= 0.6 is 0 Å². The molecule has 2 rings (SSSR count). The van der Waals surface area contributed by atoms with E-state index in [1.54, 1.807) is 5.01 Å². The molecule has 0 aromatic heterocycles. The first-order valence-electron chi connectivity index (χ1n) is 5.63. The second kappa shape index (κ2) is 5.12. The van der Waals surface area contributed by atoms with Crippen LogP contribution in [0.5, 0.6) is 0 Å². The van der Waals surface area contributed by atoms with Crippen LogP contribution < -0.4 is 10.4 Å². The Hall–Kier alpha value is -1.65. The number of aliphatic hydroxyl groups is 1. The lowest BCUT2D eigenvalue weighted by Gasteiger charge is -2.22. The number of hydrazine groups is 1. The molecule has 0 amide bonds. The number of hydrogen-bond acceptors (Lipinski definition) is 4. The van der Waals surface area contributed by atoms with E-state index >= 15 is 0 Å². The van der Waals surface area contributed by atoms with Crippen LogP contribution in [0.2, 0.25) is 0 Å². The molecule has 90 valence electrons. The lowest BCUT2D eigenvalue weighted by Crippen LogP contribution is -2.40. The minimum absolute atomic E-state index is 0.0459. The monoisotopic (exact) mass is 232 g/mol. The summed E-state index contributed by atoms with van der Waals surface area (Å²) in [4.78, 5) is 11.1. The number of rotatable bonds is 4. The van der Waals surface area contributed by atoms with Crippen LogP contribution in [0.1, 0.15) is 6.42 Å². The van der Waals surface area contributed by atoms with Gasteiger partial charge in [0.1, 0.15) is 12.3 Å². The molecule has 0 spiro atoms. The summed E-state index contributed by atoms with van der Waals surface area (Å²) in [6.45, 7) is 4.01. The van der Waals surface area contributed by atoms with Gasteiger partial charge in [-0.2, -0.15) is 0 Å². The third-order valence-corrected chi connectivity index (χ3v) is 2.98. The summed E-state index contributed by atoms with van der Waals surface area (Å²) in [5, 5.41) is 10.8. The van der Waals surface area contributed by atoms with E-state index in [2.05, 4.69) is 12.0 Å². The molecule has 2 unspecified atom stereocenters. The molecule has 0 bridgehead atoms. The van der Waals surface area contributed by atoms with Gasteiger partial charge in [0.05, 0.1) is 11.7 Å². The Morgan fingerprint density at radius 2 is 2.12 bits per heavy atom. The van der Waals surface area contributed by atoms with E-state index in [1.165, 1.54) is 0 Å². The summed E-state index contributed by atoms with van der Waals surface area (Å²) in [7, 11) is 0. The number of carbonyl (C=O) groups is 1. The topological polar surface area (TPSA) is 52.6 Å². The first-order valence-corrected chi connectivity index (χ1v) is 5.63. The Bertz CT molecular complexity index is 405. The normalized spacial score (nSPS) is 24.1. The standard InChI is InChI=1S/C13H16N2O2/c1-10-12(7-8-16)14-15(13(10)9-17)11-5-3-2-4-6-11/h2-6,9,12-14,16H,1,7-8H2. The highest BCUT2D eigenvalue weighted by Gasteiger charge is 2.34. The third kappa shape index (κ3) is 2.23. The fraction of sp³-hybridized carbons (Fsp3) is 0.308. The Morgan fingerprint density at radius 3 is 2.71 bits per heavy atom. The van der Waals surface area contributed by atoms with Gasteiger partial charge in [0.15, 0.2) is 0 Å². The van der Waals surface area contributed by atoms with E-state index in [1.807, 2.05) is 30.3 Å². The van der Waals surface area contributed by atoms with Crippen LogP contribution in [-0.2, 0) is 4.79 Å². The summed E-state index contributed by atoms with van der Waals surface area (Å²) in [5.41, 5.74) is 4.93. The molecule has 4 heteroatoms. The number of anilines is 1. The molecule has 1 aliphatic heterocycles. The zero-order chi connectivity index (χ0) is 12.3. The second-order valence-electron chi connectivity index (χ2n) is 4.06. The molecule has 0 aliphatic carbocycles. The first kappa shape index (κ1) is 11.8. The molecule has 1 aromatic rings. The van der Waals surface area contributed by atoms with Gasteiger partial charge in [-0.3, -0.25) is 5.01 Å². The minimum Gasteiger partial charge on any atom is -0.396 e. The van der Waals surface area contributed by atoms with Crippen LogP contribution in [0.3, 0.4) is 0 Å². The minimum atomic E-state index is -0.367. The van der Waals surface area contributed by atoms with Gasteiger partial charge in [-0.05, 0) is 24.1 Å². The van der Waals surface area contributed by atoms with Crippen molar-refractivity contribution in [3.63, 3.8) is 0 Å². The van der Waals surface area contributed by atoms with Gasteiger partial charge in [-0.25, -0.2) is 5.43 Å². The predicted octanol–water partition coefficient (Wildman–Crippen LogP) is 0.886. The molecular formula is C13H16N2O2. The summed E-state index contributed by atoms with van der Waals surface area (Å²) in [6.07, 6.45) is 1.44. The average Bonchev–Trinajstić information content (AvgIpc) is 2.68. The predicted molar refractivity (Wildman–Crippen MR) is 66.5 cm³/mol. The number of hydrogen-bond donors (Lipinski definition) is 2. The van der Waals surface area contributed by atoms with Gasteiger partial charge in [-0.1, -0.05) is 24.8 Å². The van der Waals surface area contributed by atoms with Crippen LogP contribution in [0, 0.1) is 0 Å². The zero-order valence-electron chi connectivity index (χ0n) is 9.54. The van der Waals surface area contributed by atoms with Crippen molar-refractivity contribution < 1.29 is 9.90 Å². The molecular weight excluding hydrogens is 216 g/mol. The highest BCUT2D eigenvalue weighted by Crippen LogP contribution is 2.26. The van der Waals surface area contributed by atoms with Crippen molar-refractivity contribution >= 4 is 12.0 Å². The van der Waals surface area contributed by atoms with Crippen molar-refractivity contribution in [3.8, 4) is 0 Å². The van der Waals surface area contributed by atoms with Gasteiger partial charge >= 0.3 is 0 Å². The fourth-order valence-electron chi connectivity index (χ4n) is 2.05. The third-order valence-electron chi connectivity index (χ3n) is 2.98. The summed E-state index contributed by atoms with van der Waals surface area (Å²) in [6, 6.07) is 9.21. The van der Waals surface area contributed by atoms with Gasteiger partial charge in [0.2, 0.25) is 0 Å². The van der Waals surface area contributed by atoms with Crippen molar-refractivity contribution in [2.24, 2.45) is 0 Å². The molecule has 2 N–H and O–H groups in total. The van der Waals surface area contributed by atoms with E-state index < -0.39 is 0 Å². The molecule has 0 saturated carbocycles. The smallest absolute Gasteiger partial charge is 0.148 e. The molecule has 1 aliphatic rings. The number of aliphatic hydroxyl groups excluding tert-OH is 1. The molecule has 1 aromatic carbocycles. The van der Waals surface area contributed by atoms with Crippen molar-refractivity contribution in [1.29, 1.82) is 0 Å². The Morgan fingerprint density at radius 1 is 1.41 bits per heavy atom. The van der Waals surface area contributed by atoms with Crippen LogP contribution in [-0.4, -0.2) is 30.1 Å². The quantitative estimate of drug-likeness (QED) is 0.598. The average molecular weight is 232 g/mol. The molecule has 1 fully saturated rings. The van der Waals surface area contributed by atoms with Crippen molar-refractivity contribution in [3.05, 3.63) is 42.5 Å². The molecule has 4 nitrogen and oxygen atoms in total. The summed E-state index contributed by atoms with van der Waals surface area (Å²) >= 11 is 0. The maximum atomic E-state index is 11.1. The summed E-state index contributed by atoms with van der Waals surface area (Å²) < 4.78 is 0. The fourth-order valence-corrected chi connectivity index (χ4v) is 2.05. The highest BCUT2D eigenvalue weighted by atomic mass is 16.3.